The summed E-state index contributed by atoms with van der Waals surface area (Å²) in [6.45, 7) is 0.284. The minimum absolute atomic E-state index is 0.0907. The van der Waals surface area contributed by atoms with Crippen molar-refractivity contribution in [3.8, 4) is 22.4 Å². The van der Waals surface area contributed by atoms with Gasteiger partial charge in [-0.25, -0.2) is 8.42 Å². The van der Waals surface area contributed by atoms with Gasteiger partial charge in [-0.05, 0) is 18.1 Å². The van der Waals surface area contributed by atoms with Gasteiger partial charge in [0.25, 0.3) is 0 Å². The van der Waals surface area contributed by atoms with Crippen molar-refractivity contribution in [2.45, 2.75) is 18.2 Å². The van der Waals surface area contributed by atoms with Crippen LogP contribution in [0.15, 0.2) is 48.9 Å². The summed E-state index contributed by atoms with van der Waals surface area (Å²) in [6.07, 6.45) is 6.38. The Morgan fingerprint density at radius 2 is 1.88 bits per heavy atom. The van der Waals surface area contributed by atoms with E-state index in [0.717, 1.165) is 28.6 Å². The molecule has 0 aliphatic rings. The second-order valence-electron chi connectivity index (χ2n) is 6.04. The molecule has 0 saturated carbocycles. The maximum atomic E-state index is 11.6. The number of aromatic amines is 1. The number of nitrogens with zero attached hydrogens (tertiary/aromatic N) is 3. The number of nitrogens with one attached hydrogen (secondary N) is 1. The fraction of sp³-hybridized carbons (Fsp3) is 0.235. The van der Waals surface area contributed by atoms with Gasteiger partial charge < -0.3 is 5.73 Å². The molecular formula is C17H19N5O3S. The second kappa shape index (κ2) is 7.12. The molecule has 1 unspecified atom stereocenters. The van der Waals surface area contributed by atoms with Gasteiger partial charge in [0.05, 0.1) is 11.9 Å². The lowest BCUT2D eigenvalue weighted by Gasteiger charge is -2.10. The maximum absolute atomic E-state index is 11.6. The number of carbonyl (C=O) groups is 1. The summed E-state index contributed by atoms with van der Waals surface area (Å²) in [7, 11) is -3.53. The lowest BCUT2D eigenvalue weighted by atomic mass is 10.1. The van der Waals surface area contributed by atoms with E-state index < -0.39 is 21.0 Å². The third-order valence-electron chi connectivity index (χ3n) is 4.10. The summed E-state index contributed by atoms with van der Waals surface area (Å²) in [4.78, 5) is 11.3. The van der Waals surface area contributed by atoms with E-state index in [4.69, 9.17) is 5.73 Å². The van der Waals surface area contributed by atoms with Crippen LogP contribution in [0.5, 0.6) is 0 Å². The highest BCUT2D eigenvalue weighted by Crippen LogP contribution is 2.23. The van der Waals surface area contributed by atoms with E-state index in [9.17, 15) is 13.2 Å². The van der Waals surface area contributed by atoms with Crippen LogP contribution in [-0.2, 0) is 21.2 Å². The number of amides is 1. The number of H-pyrrole nitrogens is 1. The molecular weight excluding hydrogens is 354 g/mol. The molecule has 136 valence electrons. The number of hydrogen-bond acceptors (Lipinski definition) is 5. The molecule has 3 N–H and O–H groups in total. The molecule has 0 bridgehead atoms. The van der Waals surface area contributed by atoms with E-state index in [0.29, 0.717) is 0 Å². The van der Waals surface area contributed by atoms with Crippen LogP contribution >= 0.6 is 0 Å². The summed E-state index contributed by atoms with van der Waals surface area (Å²) in [5.74, 6) is -0.839. The van der Waals surface area contributed by atoms with Gasteiger partial charge in [-0.15, -0.1) is 0 Å². The fourth-order valence-electron chi connectivity index (χ4n) is 2.71. The lowest BCUT2D eigenvalue weighted by molar-refractivity contribution is -0.117. The Labute approximate surface area is 151 Å². The minimum atomic E-state index is -3.53. The van der Waals surface area contributed by atoms with Crippen molar-refractivity contribution < 1.29 is 13.2 Å². The lowest BCUT2D eigenvalue weighted by Crippen LogP contribution is -2.36. The largest absolute Gasteiger partial charge is 0.369 e. The van der Waals surface area contributed by atoms with E-state index in [1.54, 1.807) is 17.1 Å². The van der Waals surface area contributed by atoms with Crippen molar-refractivity contribution in [2.75, 3.05) is 6.26 Å². The third kappa shape index (κ3) is 3.99. The number of carbonyl (C=O) groups excluding carboxylic acids is 1. The number of aryl methyl sites for hydroxylation is 1. The van der Waals surface area contributed by atoms with Crippen LogP contribution in [0.1, 0.15) is 6.42 Å². The van der Waals surface area contributed by atoms with Crippen LogP contribution in [0.25, 0.3) is 22.4 Å². The number of primary amides is 1. The normalized spacial score (nSPS) is 12.8. The van der Waals surface area contributed by atoms with Crippen LogP contribution in [0.3, 0.4) is 0 Å². The number of sulfone groups is 1. The standard InChI is InChI=1S/C17H19N5O3S/c1-26(24,25)16(17(18)23)7-9-22-11-14(10-20-22)12-2-4-13(5-3-12)15-6-8-19-21-15/h2-6,8,10-11,16H,7,9H2,1H3,(H2,18,23)(H,19,21). The predicted molar refractivity (Wildman–Crippen MR) is 97.7 cm³/mol. The molecule has 0 saturated heterocycles. The molecule has 0 radical (unpaired) electrons. The van der Waals surface area contributed by atoms with Gasteiger partial charge in [0, 0.05) is 36.3 Å². The molecule has 3 rings (SSSR count). The first-order chi connectivity index (χ1) is 12.3. The van der Waals surface area contributed by atoms with Crippen LogP contribution in [0.2, 0.25) is 0 Å². The Hall–Kier alpha value is -2.94. The summed E-state index contributed by atoms with van der Waals surface area (Å²) < 4.78 is 24.8. The average Bonchev–Trinajstić information content (AvgIpc) is 3.25. The number of aromatic nitrogens is 4. The highest BCUT2D eigenvalue weighted by Gasteiger charge is 2.26. The zero-order chi connectivity index (χ0) is 18.7. The molecule has 26 heavy (non-hydrogen) atoms. The molecule has 0 spiro atoms. The van der Waals surface area contributed by atoms with Crippen molar-refractivity contribution in [3.05, 3.63) is 48.9 Å². The molecule has 0 aliphatic heterocycles. The van der Waals surface area contributed by atoms with Crippen molar-refractivity contribution >= 4 is 15.7 Å². The van der Waals surface area contributed by atoms with E-state index >= 15 is 0 Å². The average molecular weight is 373 g/mol. The van der Waals surface area contributed by atoms with Gasteiger partial charge in [0.1, 0.15) is 5.25 Å². The molecule has 0 aliphatic carbocycles. The Kier molecular flexibility index (Phi) is 4.90. The van der Waals surface area contributed by atoms with Gasteiger partial charge in [-0.3, -0.25) is 14.6 Å². The number of nitrogens with two attached hydrogens (primary N) is 1. The molecule has 1 aromatic carbocycles. The van der Waals surface area contributed by atoms with Gasteiger partial charge in [-0.1, -0.05) is 24.3 Å². The van der Waals surface area contributed by atoms with Gasteiger partial charge in [-0.2, -0.15) is 10.2 Å². The number of benzene rings is 1. The summed E-state index contributed by atoms with van der Waals surface area (Å²) in [5, 5.41) is 9.95. The zero-order valence-electron chi connectivity index (χ0n) is 14.2. The SMILES string of the molecule is CS(=O)(=O)C(CCn1cc(-c2ccc(-c3cc[nH]n3)cc2)cn1)C(N)=O. The molecule has 8 nitrogen and oxygen atoms in total. The Bertz CT molecular complexity index is 991. The van der Waals surface area contributed by atoms with E-state index in [2.05, 4.69) is 15.3 Å². The highest BCUT2D eigenvalue weighted by molar-refractivity contribution is 7.92. The smallest absolute Gasteiger partial charge is 0.235 e. The van der Waals surface area contributed by atoms with Crippen molar-refractivity contribution in [1.82, 2.24) is 20.0 Å². The molecule has 1 amide bonds. The molecule has 0 fully saturated rings. The van der Waals surface area contributed by atoms with E-state index in [1.165, 1.54) is 0 Å². The topological polar surface area (TPSA) is 124 Å². The summed E-state index contributed by atoms with van der Waals surface area (Å²) in [6, 6.07) is 9.76. The molecule has 2 heterocycles. The molecule has 1 atom stereocenters. The number of hydrogen-bond donors (Lipinski definition) is 2. The van der Waals surface area contributed by atoms with Crippen molar-refractivity contribution in [2.24, 2.45) is 5.73 Å². The summed E-state index contributed by atoms with van der Waals surface area (Å²) >= 11 is 0. The first-order valence-electron chi connectivity index (χ1n) is 7.96. The number of rotatable bonds is 7. The first-order valence-corrected chi connectivity index (χ1v) is 9.91. The van der Waals surface area contributed by atoms with Gasteiger partial charge >= 0.3 is 0 Å². The van der Waals surface area contributed by atoms with E-state index in [1.807, 2.05) is 36.5 Å². The van der Waals surface area contributed by atoms with Crippen molar-refractivity contribution in [3.63, 3.8) is 0 Å². The summed E-state index contributed by atoms with van der Waals surface area (Å²) in [5.41, 5.74) is 8.92. The van der Waals surface area contributed by atoms with Crippen LogP contribution in [-0.4, -0.2) is 45.8 Å². The molecule has 9 heteroatoms. The van der Waals surface area contributed by atoms with Crippen LogP contribution < -0.4 is 5.73 Å². The third-order valence-corrected chi connectivity index (χ3v) is 5.60. The minimum Gasteiger partial charge on any atom is -0.369 e. The second-order valence-corrected chi connectivity index (χ2v) is 8.27. The highest BCUT2D eigenvalue weighted by atomic mass is 32.2. The van der Waals surface area contributed by atoms with E-state index in [-0.39, 0.29) is 13.0 Å². The van der Waals surface area contributed by atoms with Gasteiger partial charge in [0.15, 0.2) is 9.84 Å². The Morgan fingerprint density at radius 3 is 2.46 bits per heavy atom. The van der Waals surface area contributed by atoms with Crippen molar-refractivity contribution in [1.29, 1.82) is 0 Å². The fourth-order valence-corrected chi connectivity index (χ4v) is 3.66. The van der Waals surface area contributed by atoms with Crippen LogP contribution in [0.4, 0.5) is 0 Å². The molecule has 3 aromatic rings. The quantitative estimate of drug-likeness (QED) is 0.644. The Balaban J connectivity index is 1.71. The molecule has 2 aromatic heterocycles. The zero-order valence-corrected chi connectivity index (χ0v) is 15.0. The van der Waals surface area contributed by atoms with Gasteiger partial charge in [0.2, 0.25) is 5.91 Å². The monoisotopic (exact) mass is 373 g/mol. The first kappa shape index (κ1) is 17.9. The maximum Gasteiger partial charge on any atom is 0.235 e. The van der Waals surface area contributed by atoms with Crippen LogP contribution in [0, 0.1) is 0 Å². The Morgan fingerprint density at radius 1 is 1.19 bits per heavy atom. The predicted octanol–water partition coefficient (Wildman–Crippen LogP) is 1.23.